The molecular weight excluding hydrogens is 1440 g/mol. The van der Waals surface area contributed by atoms with Gasteiger partial charge in [-0.15, -0.1) is 22.7 Å². The Bertz CT molecular complexity index is 5740. The van der Waals surface area contributed by atoms with Crippen LogP contribution in [0.25, 0.3) is 141 Å². The van der Waals surface area contributed by atoms with Crippen molar-refractivity contribution in [3.8, 4) is 86.5 Å². The summed E-state index contributed by atoms with van der Waals surface area (Å²) < 4.78 is 15.4. The van der Waals surface area contributed by atoms with Gasteiger partial charge in [0.1, 0.15) is 11.0 Å². The van der Waals surface area contributed by atoms with E-state index in [0.29, 0.717) is 0 Å². The Hall–Kier alpha value is -9.76. The number of aryl methyl sites for hydroxylation is 4. The van der Waals surface area contributed by atoms with Crippen molar-refractivity contribution in [3.05, 3.63) is 287 Å². The predicted molar refractivity (Wildman–Crippen MR) is 494 cm³/mol. The fourth-order valence-electron chi connectivity index (χ4n) is 19.4. The summed E-state index contributed by atoms with van der Waals surface area (Å²) in [6.45, 7) is 9.28. The van der Waals surface area contributed by atoms with Gasteiger partial charge in [0.25, 0.3) is 0 Å². The second-order valence-electron chi connectivity index (χ2n) is 33.1. The molecule has 2 aliphatic carbocycles. The first kappa shape index (κ1) is 75.6. The first-order valence-electron chi connectivity index (χ1n) is 43.7. The number of hydrogen-bond acceptors (Lipinski definition) is 5. The summed E-state index contributed by atoms with van der Waals surface area (Å²) in [5.41, 5.74) is 32.1. The number of fused-ring (bicyclic) bond motifs is 17. The molecule has 0 atom stereocenters. The minimum Gasteiger partial charge on any atom is -0.309 e. The normalized spacial score (nSPS) is 12.7. The van der Waals surface area contributed by atoms with Crippen LogP contribution in [-0.4, -0.2) is 17.9 Å². The molecule has 0 fully saturated rings. The number of hydrogen-bond donors (Lipinski definition) is 0. The fourth-order valence-corrected chi connectivity index (χ4v) is 22.1. The van der Waals surface area contributed by atoms with Gasteiger partial charge in [-0.05, 0) is 250 Å². The van der Waals surface area contributed by atoms with E-state index in [2.05, 4.69) is 279 Å². The third-order valence-corrected chi connectivity index (χ3v) is 28.3. The van der Waals surface area contributed by atoms with Crippen LogP contribution in [0, 0.1) is 0 Å². The van der Waals surface area contributed by atoms with E-state index < -0.39 is 5.41 Å². The summed E-state index contributed by atoms with van der Waals surface area (Å²) in [5.74, 6) is 0. The Morgan fingerprint density at radius 3 is 0.965 bits per heavy atom. The number of rotatable bonds is 35. The minimum atomic E-state index is -0.751. The van der Waals surface area contributed by atoms with Crippen molar-refractivity contribution in [2.24, 2.45) is 0 Å². The highest BCUT2D eigenvalue weighted by Gasteiger charge is 2.53. The van der Waals surface area contributed by atoms with Gasteiger partial charge in [-0.2, -0.15) is 8.75 Å². The van der Waals surface area contributed by atoms with E-state index in [1.165, 1.54) is 329 Å². The maximum absolute atomic E-state index is 5.07. The van der Waals surface area contributed by atoms with Crippen molar-refractivity contribution < 1.29 is 0 Å². The van der Waals surface area contributed by atoms with Gasteiger partial charge >= 0.3 is 0 Å². The van der Waals surface area contributed by atoms with Gasteiger partial charge in [0.15, 0.2) is 0 Å². The molecule has 0 aliphatic heterocycles. The Labute approximate surface area is 688 Å². The van der Waals surface area contributed by atoms with Crippen molar-refractivity contribution in [1.29, 1.82) is 0 Å². The number of thiophene rings is 2. The summed E-state index contributed by atoms with van der Waals surface area (Å²) in [4.78, 5) is 4.87. The highest BCUT2D eigenvalue weighted by atomic mass is 32.1. The lowest BCUT2D eigenvalue weighted by molar-refractivity contribution is 0.607. The van der Waals surface area contributed by atoms with Gasteiger partial charge in [0.2, 0.25) is 0 Å². The molecule has 16 aromatic rings. The van der Waals surface area contributed by atoms with Gasteiger partial charge in [0, 0.05) is 63.6 Å². The second-order valence-corrected chi connectivity index (χ2v) is 35.8. The molecule has 11 aromatic carbocycles. The van der Waals surface area contributed by atoms with E-state index >= 15 is 0 Å². The molecule has 7 heteroatoms. The van der Waals surface area contributed by atoms with Gasteiger partial charge in [-0.25, -0.2) is 0 Å². The Morgan fingerprint density at radius 2 is 0.570 bits per heavy atom. The van der Waals surface area contributed by atoms with Crippen molar-refractivity contribution in [1.82, 2.24) is 17.9 Å². The van der Waals surface area contributed by atoms with Crippen LogP contribution in [0.3, 0.4) is 0 Å². The number of benzene rings is 11. The van der Waals surface area contributed by atoms with E-state index in [1.54, 1.807) is 0 Å². The molecule has 2 aliphatic rings. The van der Waals surface area contributed by atoms with E-state index in [9.17, 15) is 0 Å². The van der Waals surface area contributed by atoms with E-state index in [0.717, 1.165) is 47.8 Å². The maximum atomic E-state index is 5.07. The zero-order valence-electron chi connectivity index (χ0n) is 67.4. The van der Waals surface area contributed by atoms with Crippen molar-refractivity contribution in [2.75, 3.05) is 0 Å². The van der Waals surface area contributed by atoms with Crippen LogP contribution in [0.4, 0.5) is 0 Å². The monoisotopic (exact) mass is 1540 g/mol. The molecule has 0 amide bonds. The molecule has 0 saturated carbocycles. The van der Waals surface area contributed by atoms with Crippen molar-refractivity contribution >= 4 is 89.0 Å². The summed E-state index contributed by atoms with van der Waals surface area (Å²) >= 11 is 5.00. The first-order valence-corrected chi connectivity index (χ1v) is 46.0. The smallest absolute Gasteiger partial charge is 0.114 e. The zero-order chi connectivity index (χ0) is 76.9. The molecule has 574 valence electrons. The molecule has 0 N–H and O–H groups in total. The van der Waals surface area contributed by atoms with Crippen LogP contribution < -0.4 is 0 Å². The molecule has 0 bridgehead atoms. The van der Waals surface area contributed by atoms with Crippen LogP contribution in [0.1, 0.15) is 226 Å². The molecule has 0 unspecified atom stereocenters. The summed E-state index contributed by atoms with van der Waals surface area (Å²) in [7, 11) is 0. The topological polar surface area (TPSA) is 35.6 Å². The number of aromatic nitrogens is 4. The van der Waals surface area contributed by atoms with E-state index in [4.69, 9.17) is 8.75 Å². The molecule has 18 rings (SSSR count). The first-order chi connectivity index (χ1) is 56.4. The molecule has 5 aromatic heterocycles. The van der Waals surface area contributed by atoms with Gasteiger partial charge in [0.05, 0.1) is 39.2 Å². The maximum Gasteiger partial charge on any atom is 0.114 e. The van der Waals surface area contributed by atoms with Gasteiger partial charge in [-0.3, -0.25) is 0 Å². The Kier molecular flexibility index (Phi) is 22.8. The molecule has 1 spiro atoms. The summed E-state index contributed by atoms with van der Waals surface area (Å²) in [6, 6.07) is 95.9. The van der Waals surface area contributed by atoms with Crippen molar-refractivity contribution in [2.45, 2.75) is 213 Å². The number of nitrogens with zero attached hydrogens (tertiary/aromatic N) is 4. The lowest BCUT2D eigenvalue weighted by Crippen LogP contribution is -2.26. The summed E-state index contributed by atoms with van der Waals surface area (Å²) in [5, 5.41) is 5.46. The van der Waals surface area contributed by atoms with Crippen LogP contribution in [0.5, 0.6) is 0 Å². The highest BCUT2D eigenvalue weighted by Crippen LogP contribution is 2.65. The lowest BCUT2D eigenvalue weighted by Gasteiger charge is -2.32. The molecule has 114 heavy (non-hydrogen) atoms. The van der Waals surface area contributed by atoms with Crippen LogP contribution in [0.15, 0.2) is 243 Å². The standard InChI is InChI=1S/C107H108N4S3/c1-5-9-13-17-21-27-35-73-43-57-97-89(65-73)90-66-74(36-28-22-18-14-10-6-2)44-58-98(90)110(97)81-49-53-85-86-54-50-82(111-99-59-45-75(37-29-23-19-15-11-7-3)67-91(99)92-68-76(46-60-100(92)111)38-30-24-20-16-12-8-4)72-96(86)107(95(85)71-81)93-69-79(77-39-31-25-32-40-77)47-51-83(93)84-52-48-80(70-94(84)107)102-62-64-104(113-102)88-56-55-87(105-106(88)109-114-108-105)103-63-61-101(112-103)78-41-33-26-34-42-78/h25-26,31-34,39-72H,5-24,27-30,35-38H2,1-4H3. The second kappa shape index (κ2) is 34.4. The van der Waals surface area contributed by atoms with Crippen LogP contribution in [0.2, 0.25) is 0 Å². The molecular formula is C107H108N4S3. The Morgan fingerprint density at radius 1 is 0.254 bits per heavy atom. The highest BCUT2D eigenvalue weighted by molar-refractivity contribution is 7.19. The molecule has 4 nitrogen and oxygen atoms in total. The summed E-state index contributed by atoms with van der Waals surface area (Å²) in [6.07, 6.45) is 35.5. The zero-order valence-corrected chi connectivity index (χ0v) is 69.9. The molecule has 0 saturated heterocycles. The van der Waals surface area contributed by atoms with Crippen LogP contribution in [-0.2, 0) is 31.1 Å². The van der Waals surface area contributed by atoms with Gasteiger partial charge in [-0.1, -0.05) is 290 Å². The fraction of sp³-hybridized carbons (Fsp3) is 0.308. The quantitative estimate of drug-likeness (QED) is 0.0371. The van der Waals surface area contributed by atoms with Crippen LogP contribution >= 0.6 is 34.4 Å². The Balaban J connectivity index is 0.821. The molecule has 0 radical (unpaired) electrons. The lowest BCUT2D eigenvalue weighted by atomic mass is 9.69. The average molecular weight is 1550 g/mol. The third kappa shape index (κ3) is 14.7. The largest absolute Gasteiger partial charge is 0.309 e. The SMILES string of the molecule is CCCCCCCCc1ccc2c(c1)c1cc(CCCCCCCC)ccc1n2-c1ccc2c(c1)C1(c3cc(-c4ccccc4)ccc3-c3ccc(-c4ccc(-c5ccc(-c6ccc(-c7ccccc7)s6)c6nsnc56)s4)cc31)c1cc(-n3c4ccc(CCCCCCCC)cc4c4cc(CCCCCCCC)ccc43)ccc1-2. The average Bonchev–Trinajstić information content (AvgIpc) is 1.50. The molecule has 5 heterocycles. The third-order valence-electron chi connectivity index (χ3n) is 25.4. The predicted octanol–water partition coefficient (Wildman–Crippen LogP) is 32.3. The van der Waals surface area contributed by atoms with Gasteiger partial charge < -0.3 is 9.13 Å². The number of unbranched alkanes of at least 4 members (excludes halogenated alkanes) is 20. The minimum absolute atomic E-state index is 0.751. The van der Waals surface area contributed by atoms with E-state index in [-0.39, 0.29) is 0 Å². The van der Waals surface area contributed by atoms with Crippen molar-refractivity contribution in [3.63, 3.8) is 0 Å². The van der Waals surface area contributed by atoms with E-state index in [1.807, 2.05) is 22.7 Å².